The van der Waals surface area contributed by atoms with Crippen LogP contribution in [0.3, 0.4) is 0 Å². The summed E-state index contributed by atoms with van der Waals surface area (Å²) in [4.78, 5) is 9.37. The minimum atomic E-state index is 0. The number of nitrogens with one attached hydrogen (secondary N) is 2. The third kappa shape index (κ3) is 7.14. The molecule has 0 aliphatic carbocycles. The lowest BCUT2D eigenvalue weighted by Gasteiger charge is -2.25. The zero-order valence-corrected chi connectivity index (χ0v) is 20.8. The van der Waals surface area contributed by atoms with Crippen LogP contribution >= 0.6 is 24.0 Å². The quantitative estimate of drug-likeness (QED) is 0.310. The van der Waals surface area contributed by atoms with Gasteiger partial charge in [0.15, 0.2) is 5.96 Å². The Morgan fingerprint density at radius 3 is 2.77 bits per heavy atom. The normalized spacial score (nSPS) is 16.0. The van der Waals surface area contributed by atoms with E-state index in [-0.39, 0.29) is 30.0 Å². The molecule has 8 heteroatoms. The molecule has 0 fully saturated rings. The lowest BCUT2D eigenvalue weighted by molar-refractivity contribution is 0.271. The van der Waals surface area contributed by atoms with Crippen LogP contribution in [0.2, 0.25) is 0 Å². The fraction of sp³-hybridized carbons (Fsp3) is 0.591. The van der Waals surface area contributed by atoms with Crippen molar-refractivity contribution in [3.05, 3.63) is 41.5 Å². The molecule has 1 atom stereocenters. The van der Waals surface area contributed by atoms with Crippen molar-refractivity contribution < 1.29 is 4.74 Å². The molecule has 0 spiro atoms. The standard InChI is InChI=1S/C22H34N6O.HI/c1-5-23-22(26-20-7-6-14-28-21(20)25-17(4)27-28)24-13-12-18-8-10-19(11-9-18)29-15-16(2)3;/h8-11,16,20H,5-7,12-15H2,1-4H3,(H2,23,24,26);1H. The second-order valence-corrected chi connectivity index (χ2v) is 7.94. The van der Waals surface area contributed by atoms with Crippen molar-refractivity contribution in [3.63, 3.8) is 0 Å². The topological polar surface area (TPSA) is 76.4 Å². The van der Waals surface area contributed by atoms with E-state index in [0.29, 0.717) is 5.92 Å². The van der Waals surface area contributed by atoms with E-state index in [1.54, 1.807) is 0 Å². The number of rotatable bonds is 8. The van der Waals surface area contributed by atoms with E-state index in [0.717, 1.165) is 68.9 Å². The third-order valence-electron chi connectivity index (χ3n) is 4.81. The van der Waals surface area contributed by atoms with Crippen LogP contribution in [0.1, 0.15) is 56.9 Å². The van der Waals surface area contributed by atoms with Crippen molar-refractivity contribution in [2.24, 2.45) is 10.9 Å². The molecule has 2 heterocycles. The Morgan fingerprint density at radius 1 is 1.30 bits per heavy atom. The van der Waals surface area contributed by atoms with Crippen molar-refractivity contribution >= 4 is 29.9 Å². The highest BCUT2D eigenvalue weighted by Gasteiger charge is 2.24. The van der Waals surface area contributed by atoms with Gasteiger partial charge in [0.2, 0.25) is 0 Å². The molecule has 2 aromatic rings. The van der Waals surface area contributed by atoms with Crippen LogP contribution in [0, 0.1) is 12.8 Å². The summed E-state index contributed by atoms with van der Waals surface area (Å²) in [5.41, 5.74) is 1.26. The van der Waals surface area contributed by atoms with Crippen LogP contribution in [0.5, 0.6) is 5.75 Å². The van der Waals surface area contributed by atoms with E-state index in [9.17, 15) is 0 Å². The first kappa shape index (κ1) is 24.4. The van der Waals surface area contributed by atoms with Gasteiger partial charge in [-0.05, 0) is 56.7 Å². The fourth-order valence-corrected chi connectivity index (χ4v) is 3.40. The molecule has 1 aliphatic heterocycles. The predicted molar refractivity (Wildman–Crippen MR) is 132 cm³/mol. The van der Waals surface area contributed by atoms with Gasteiger partial charge in [-0.1, -0.05) is 26.0 Å². The first-order chi connectivity index (χ1) is 14.0. The number of nitrogens with zero attached hydrogens (tertiary/aromatic N) is 4. The van der Waals surface area contributed by atoms with Crippen LogP contribution in [0.15, 0.2) is 29.3 Å². The number of aliphatic imine (C=N–C) groups is 1. The van der Waals surface area contributed by atoms with E-state index in [4.69, 9.17) is 9.73 Å². The number of halogens is 1. The van der Waals surface area contributed by atoms with Crippen LogP contribution in [-0.2, 0) is 13.0 Å². The number of fused-ring (bicyclic) bond motifs is 1. The van der Waals surface area contributed by atoms with E-state index in [2.05, 4.69) is 53.6 Å². The van der Waals surface area contributed by atoms with Gasteiger partial charge in [0, 0.05) is 19.6 Å². The van der Waals surface area contributed by atoms with E-state index in [1.165, 1.54) is 5.56 Å². The molecular formula is C22H35IN6O. The van der Waals surface area contributed by atoms with Crippen LogP contribution < -0.4 is 15.4 Å². The van der Waals surface area contributed by atoms with Gasteiger partial charge < -0.3 is 15.4 Å². The molecule has 0 radical (unpaired) electrons. The number of guanidine groups is 1. The Morgan fingerprint density at radius 2 is 2.07 bits per heavy atom. The number of benzene rings is 1. The zero-order chi connectivity index (χ0) is 20.6. The Labute approximate surface area is 197 Å². The van der Waals surface area contributed by atoms with E-state index < -0.39 is 0 Å². The maximum atomic E-state index is 5.75. The molecule has 0 saturated heterocycles. The molecule has 0 bridgehead atoms. The first-order valence-electron chi connectivity index (χ1n) is 10.7. The minimum absolute atomic E-state index is 0. The molecule has 0 saturated carbocycles. The van der Waals surface area contributed by atoms with Gasteiger partial charge in [-0.25, -0.2) is 9.67 Å². The van der Waals surface area contributed by atoms with Gasteiger partial charge in [-0.15, -0.1) is 24.0 Å². The lowest BCUT2D eigenvalue weighted by atomic mass is 10.1. The van der Waals surface area contributed by atoms with Crippen molar-refractivity contribution in [1.82, 2.24) is 25.4 Å². The second kappa shape index (κ2) is 12.1. The summed E-state index contributed by atoms with van der Waals surface area (Å²) in [6.45, 7) is 11.6. The van der Waals surface area contributed by atoms with Crippen molar-refractivity contribution in [2.75, 3.05) is 19.7 Å². The highest BCUT2D eigenvalue weighted by atomic mass is 127. The summed E-state index contributed by atoms with van der Waals surface area (Å²) in [7, 11) is 0. The first-order valence-corrected chi connectivity index (χ1v) is 10.7. The summed E-state index contributed by atoms with van der Waals surface area (Å²) >= 11 is 0. The largest absolute Gasteiger partial charge is 0.493 e. The van der Waals surface area contributed by atoms with Gasteiger partial charge in [-0.2, -0.15) is 5.10 Å². The van der Waals surface area contributed by atoms with Crippen LogP contribution in [0.25, 0.3) is 0 Å². The number of hydrogen-bond donors (Lipinski definition) is 2. The summed E-state index contributed by atoms with van der Waals surface area (Å²) in [6, 6.07) is 8.49. The predicted octanol–water partition coefficient (Wildman–Crippen LogP) is 3.87. The monoisotopic (exact) mass is 526 g/mol. The maximum absolute atomic E-state index is 5.75. The minimum Gasteiger partial charge on any atom is -0.493 e. The molecule has 7 nitrogen and oxygen atoms in total. The number of aryl methyl sites for hydroxylation is 2. The van der Waals surface area contributed by atoms with Gasteiger partial charge in [-0.3, -0.25) is 4.99 Å². The summed E-state index contributed by atoms with van der Waals surface area (Å²) < 4.78 is 7.77. The lowest BCUT2D eigenvalue weighted by Crippen LogP contribution is -2.41. The molecule has 1 aliphatic rings. The summed E-state index contributed by atoms with van der Waals surface area (Å²) in [6.07, 6.45) is 3.03. The molecular weight excluding hydrogens is 491 g/mol. The summed E-state index contributed by atoms with van der Waals surface area (Å²) in [5.74, 6) is 4.14. The van der Waals surface area contributed by atoms with Crippen LogP contribution in [0.4, 0.5) is 0 Å². The average molecular weight is 526 g/mol. The Bertz CT molecular complexity index is 802. The molecule has 0 amide bonds. The number of aromatic nitrogens is 3. The molecule has 30 heavy (non-hydrogen) atoms. The molecule has 1 unspecified atom stereocenters. The molecule has 166 valence electrons. The van der Waals surface area contributed by atoms with Crippen molar-refractivity contribution in [2.45, 2.75) is 59.5 Å². The number of hydrogen-bond acceptors (Lipinski definition) is 4. The Hall–Kier alpha value is -1.84. The SMILES string of the molecule is CCNC(=NCCc1ccc(OCC(C)C)cc1)NC1CCCn2nc(C)nc21.I. The Kier molecular flexibility index (Phi) is 9.87. The fourth-order valence-electron chi connectivity index (χ4n) is 3.40. The molecule has 1 aromatic heterocycles. The molecule has 3 rings (SSSR count). The van der Waals surface area contributed by atoms with Gasteiger partial charge in [0.25, 0.3) is 0 Å². The van der Waals surface area contributed by atoms with Crippen molar-refractivity contribution in [3.8, 4) is 5.75 Å². The highest BCUT2D eigenvalue weighted by Crippen LogP contribution is 2.22. The van der Waals surface area contributed by atoms with Crippen LogP contribution in [-0.4, -0.2) is 40.4 Å². The average Bonchev–Trinajstić information content (AvgIpc) is 3.09. The van der Waals surface area contributed by atoms with E-state index >= 15 is 0 Å². The van der Waals surface area contributed by atoms with Gasteiger partial charge in [0.05, 0.1) is 12.6 Å². The third-order valence-corrected chi connectivity index (χ3v) is 4.81. The smallest absolute Gasteiger partial charge is 0.191 e. The molecule has 2 N–H and O–H groups in total. The highest BCUT2D eigenvalue weighted by molar-refractivity contribution is 14.0. The Balaban J connectivity index is 0.00000320. The van der Waals surface area contributed by atoms with E-state index in [1.807, 2.05) is 23.7 Å². The van der Waals surface area contributed by atoms with Gasteiger partial charge in [0.1, 0.15) is 17.4 Å². The van der Waals surface area contributed by atoms with Crippen molar-refractivity contribution in [1.29, 1.82) is 0 Å². The number of ether oxygens (including phenoxy) is 1. The molecule has 1 aromatic carbocycles. The zero-order valence-electron chi connectivity index (χ0n) is 18.5. The maximum Gasteiger partial charge on any atom is 0.191 e. The summed E-state index contributed by atoms with van der Waals surface area (Å²) in [5, 5.41) is 11.4. The van der Waals surface area contributed by atoms with Gasteiger partial charge >= 0.3 is 0 Å². The second-order valence-electron chi connectivity index (χ2n) is 7.94.